The Labute approximate surface area is 165 Å². The van der Waals surface area contributed by atoms with Gasteiger partial charge in [-0.3, -0.25) is 14.4 Å². The first-order valence-corrected chi connectivity index (χ1v) is 10.2. The van der Waals surface area contributed by atoms with E-state index in [-0.39, 0.29) is 30.2 Å². The highest BCUT2D eigenvalue weighted by molar-refractivity contribution is 5.92. The molecule has 0 radical (unpaired) electrons. The van der Waals surface area contributed by atoms with Crippen LogP contribution in [0.15, 0.2) is 36.4 Å². The second-order valence-corrected chi connectivity index (χ2v) is 7.92. The number of piperidine rings is 1. The number of carbonyl (C=O) groups is 3. The molecule has 1 aliphatic carbocycles. The van der Waals surface area contributed by atoms with Crippen molar-refractivity contribution in [2.45, 2.75) is 31.7 Å². The van der Waals surface area contributed by atoms with Crippen molar-refractivity contribution in [2.24, 2.45) is 5.92 Å². The summed E-state index contributed by atoms with van der Waals surface area (Å²) in [7, 11) is 0. The lowest BCUT2D eigenvalue weighted by Crippen LogP contribution is -2.55. The Hall–Kier alpha value is -2.63. The number of hydrogen-bond donors (Lipinski definition) is 0. The molecule has 0 atom stereocenters. The normalized spacial score (nSPS) is 21.4. The monoisotopic (exact) mass is 381 g/mol. The molecule has 1 saturated carbocycles. The molecule has 148 valence electrons. The maximum atomic E-state index is 12.8. The Kier molecular flexibility index (Phi) is 5.46. The van der Waals surface area contributed by atoms with Gasteiger partial charge in [-0.05, 0) is 37.3 Å². The molecular weight excluding hydrogens is 354 g/mol. The number of carbonyl (C=O) groups excluding carboxylic acids is 3. The van der Waals surface area contributed by atoms with Crippen molar-refractivity contribution in [1.29, 1.82) is 0 Å². The second kappa shape index (κ2) is 8.17. The van der Waals surface area contributed by atoms with Crippen LogP contribution in [-0.4, -0.2) is 71.2 Å². The van der Waals surface area contributed by atoms with E-state index in [1.807, 2.05) is 41.3 Å². The Bertz CT molecular complexity index is 764. The number of hydrogen-bond acceptors (Lipinski definition) is 3. The van der Waals surface area contributed by atoms with E-state index in [0.29, 0.717) is 45.1 Å². The van der Waals surface area contributed by atoms with Crippen LogP contribution >= 0.6 is 0 Å². The topological polar surface area (TPSA) is 60.9 Å². The van der Waals surface area contributed by atoms with Crippen LogP contribution in [0.3, 0.4) is 0 Å². The van der Waals surface area contributed by atoms with Crippen LogP contribution < -0.4 is 0 Å². The molecule has 28 heavy (non-hydrogen) atoms. The minimum atomic E-state index is -0.0811. The summed E-state index contributed by atoms with van der Waals surface area (Å²) >= 11 is 0. The third-order valence-corrected chi connectivity index (χ3v) is 5.93. The SMILES string of the molecule is O=C(C=Cc1ccccc1)N1CCC(C(=O)N2CCN(C3CC3)C(=O)C2)CC1. The largest absolute Gasteiger partial charge is 0.339 e. The number of nitrogens with zero attached hydrogens (tertiary/aromatic N) is 3. The van der Waals surface area contributed by atoms with Gasteiger partial charge in [0.1, 0.15) is 0 Å². The van der Waals surface area contributed by atoms with Crippen LogP contribution in [0.5, 0.6) is 0 Å². The second-order valence-electron chi connectivity index (χ2n) is 7.92. The lowest BCUT2D eigenvalue weighted by Gasteiger charge is -2.38. The Balaban J connectivity index is 1.25. The molecule has 6 heteroatoms. The number of piperazine rings is 1. The van der Waals surface area contributed by atoms with Crippen LogP contribution in [-0.2, 0) is 14.4 Å². The fourth-order valence-electron chi connectivity index (χ4n) is 4.09. The standard InChI is InChI=1S/C22H27N3O3/c26-20(9-6-17-4-2-1-3-5-17)23-12-10-18(11-13-23)22(28)24-14-15-25(19-7-8-19)21(27)16-24/h1-6,9,18-19H,7-8,10-16H2. The summed E-state index contributed by atoms with van der Waals surface area (Å²) in [6.45, 7) is 2.69. The van der Waals surface area contributed by atoms with E-state index in [0.717, 1.165) is 18.4 Å². The highest BCUT2D eigenvalue weighted by Crippen LogP contribution is 2.29. The van der Waals surface area contributed by atoms with Gasteiger partial charge >= 0.3 is 0 Å². The van der Waals surface area contributed by atoms with Crippen molar-refractivity contribution >= 4 is 23.8 Å². The molecule has 0 unspecified atom stereocenters. The van der Waals surface area contributed by atoms with Gasteiger partial charge in [-0.2, -0.15) is 0 Å². The zero-order valence-electron chi connectivity index (χ0n) is 16.1. The highest BCUT2D eigenvalue weighted by atomic mass is 16.2. The van der Waals surface area contributed by atoms with Gasteiger partial charge in [0.05, 0.1) is 6.54 Å². The van der Waals surface area contributed by atoms with E-state index in [1.54, 1.807) is 15.9 Å². The van der Waals surface area contributed by atoms with Gasteiger partial charge in [-0.1, -0.05) is 30.3 Å². The summed E-state index contributed by atoms with van der Waals surface area (Å²) in [5.74, 6) is 0.0712. The van der Waals surface area contributed by atoms with Crippen molar-refractivity contribution in [3.63, 3.8) is 0 Å². The molecule has 3 amide bonds. The molecule has 4 rings (SSSR count). The first-order valence-electron chi connectivity index (χ1n) is 10.2. The van der Waals surface area contributed by atoms with Crippen molar-refractivity contribution in [1.82, 2.24) is 14.7 Å². The Morgan fingerprint density at radius 3 is 2.25 bits per heavy atom. The van der Waals surface area contributed by atoms with Gasteiger partial charge < -0.3 is 14.7 Å². The fourth-order valence-corrected chi connectivity index (χ4v) is 4.09. The number of likely N-dealkylation sites (tertiary alicyclic amines) is 1. The summed E-state index contributed by atoms with van der Waals surface area (Å²) in [6, 6.07) is 10.2. The molecule has 1 aromatic carbocycles. The van der Waals surface area contributed by atoms with Crippen LogP contribution in [0.1, 0.15) is 31.2 Å². The van der Waals surface area contributed by atoms with Crippen LogP contribution in [0, 0.1) is 5.92 Å². The van der Waals surface area contributed by atoms with Crippen LogP contribution in [0.4, 0.5) is 0 Å². The van der Waals surface area contributed by atoms with Gasteiger partial charge in [0, 0.05) is 44.2 Å². The molecule has 2 aliphatic heterocycles. The van der Waals surface area contributed by atoms with E-state index >= 15 is 0 Å². The van der Waals surface area contributed by atoms with Gasteiger partial charge in [0.15, 0.2) is 0 Å². The lowest BCUT2D eigenvalue weighted by molar-refractivity contribution is -0.149. The molecule has 2 saturated heterocycles. The average molecular weight is 381 g/mol. The fraction of sp³-hybridized carbons (Fsp3) is 0.500. The van der Waals surface area contributed by atoms with Crippen LogP contribution in [0.2, 0.25) is 0 Å². The molecule has 0 spiro atoms. The van der Waals surface area contributed by atoms with E-state index in [1.165, 1.54) is 0 Å². The summed E-state index contributed by atoms with van der Waals surface area (Å²) < 4.78 is 0. The van der Waals surface area contributed by atoms with Gasteiger partial charge in [0.2, 0.25) is 17.7 Å². The van der Waals surface area contributed by atoms with Gasteiger partial charge in [0.25, 0.3) is 0 Å². The summed E-state index contributed by atoms with van der Waals surface area (Å²) in [5, 5.41) is 0. The molecule has 0 aromatic heterocycles. The maximum Gasteiger partial charge on any atom is 0.246 e. The number of rotatable bonds is 4. The smallest absolute Gasteiger partial charge is 0.246 e. The molecule has 0 bridgehead atoms. The van der Waals surface area contributed by atoms with Gasteiger partial charge in [-0.25, -0.2) is 0 Å². The first-order chi connectivity index (χ1) is 13.6. The Morgan fingerprint density at radius 2 is 1.61 bits per heavy atom. The predicted molar refractivity (Wildman–Crippen MR) is 106 cm³/mol. The lowest BCUT2D eigenvalue weighted by atomic mass is 9.94. The van der Waals surface area contributed by atoms with Crippen LogP contribution in [0.25, 0.3) is 6.08 Å². The zero-order chi connectivity index (χ0) is 19.5. The first kappa shape index (κ1) is 18.7. The molecular formula is C22H27N3O3. The average Bonchev–Trinajstić information content (AvgIpc) is 3.57. The maximum absolute atomic E-state index is 12.8. The van der Waals surface area contributed by atoms with Gasteiger partial charge in [-0.15, -0.1) is 0 Å². The third-order valence-electron chi connectivity index (χ3n) is 5.93. The van der Waals surface area contributed by atoms with E-state index < -0.39 is 0 Å². The predicted octanol–water partition coefficient (Wildman–Crippen LogP) is 1.77. The summed E-state index contributed by atoms with van der Waals surface area (Å²) in [6.07, 6.45) is 6.97. The van der Waals surface area contributed by atoms with E-state index in [2.05, 4.69) is 0 Å². The quantitative estimate of drug-likeness (QED) is 0.747. The molecule has 3 aliphatic rings. The number of amides is 3. The third kappa shape index (κ3) is 4.26. The molecule has 6 nitrogen and oxygen atoms in total. The molecule has 0 N–H and O–H groups in total. The minimum Gasteiger partial charge on any atom is -0.339 e. The van der Waals surface area contributed by atoms with Crippen molar-refractivity contribution in [3.8, 4) is 0 Å². The van der Waals surface area contributed by atoms with Crippen molar-refractivity contribution in [2.75, 3.05) is 32.7 Å². The Morgan fingerprint density at radius 1 is 0.893 bits per heavy atom. The number of benzene rings is 1. The highest BCUT2D eigenvalue weighted by Gasteiger charge is 2.38. The minimum absolute atomic E-state index is 0.0111. The molecule has 3 fully saturated rings. The molecule has 1 aromatic rings. The van der Waals surface area contributed by atoms with E-state index in [4.69, 9.17) is 0 Å². The molecule has 2 heterocycles. The van der Waals surface area contributed by atoms with Crippen molar-refractivity contribution < 1.29 is 14.4 Å². The zero-order valence-corrected chi connectivity index (χ0v) is 16.1. The summed E-state index contributed by atoms with van der Waals surface area (Å²) in [5.41, 5.74) is 0.996. The summed E-state index contributed by atoms with van der Waals surface area (Å²) in [4.78, 5) is 42.9. The van der Waals surface area contributed by atoms with E-state index in [9.17, 15) is 14.4 Å². The van der Waals surface area contributed by atoms with Crippen molar-refractivity contribution in [3.05, 3.63) is 42.0 Å².